The Bertz CT molecular complexity index is 500. The van der Waals surface area contributed by atoms with Crippen molar-refractivity contribution in [3.63, 3.8) is 0 Å². The summed E-state index contributed by atoms with van der Waals surface area (Å²) in [7, 11) is 0. The monoisotopic (exact) mass is 280 g/mol. The number of thiophene rings is 1. The first kappa shape index (κ1) is 13.7. The Morgan fingerprint density at radius 1 is 1.28 bits per heavy atom. The van der Waals surface area contributed by atoms with Gasteiger partial charge in [0, 0.05) is 22.4 Å². The van der Waals surface area contributed by atoms with E-state index in [1.54, 1.807) is 11.3 Å². The molecule has 0 saturated carbocycles. The van der Waals surface area contributed by atoms with E-state index in [0.717, 1.165) is 19.5 Å². The van der Waals surface area contributed by atoms with Crippen LogP contribution in [0.2, 0.25) is 0 Å². The molecule has 2 nitrogen and oxygen atoms in total. The molecule has 0 aliphatic heterocycles. The van der Waals surface area contributed by atoms with E-state index in [1.807, 2.05) is 11.3 Å². The maximum Gasteiger partial charge on any atom is 0.125 e. The lowest BCUT2D eigenvalue weighted by Gasteiger charge is -2.01. The number of rotatable bonds is 6. The summed E-state index contributed by atoms with van der Waals surface area (Å²) in [6.45, 7) is 8.57. The van der Waals surface area contributed by atoms with Gasteiger partial charge in [-0.05, 0) is 37.3 Å². The Morgan fingerprint density at radius 3 is 2.72 bits per heavy atom. The van der Waals surface area contributed by atoms with Crippen LogP contribution in [0.4, 0.5) is 0 Å². The first-order chi connectivity index (χ1) is 8.76. The van der Waals surface area contributed by atoms with Gasteiger partial charge in [-0.1, -0.05) is 13.8 Å². The van der Waals surface area contributed by atoms with Crippen LogP contribution in [0.3, 0.4) is 0 Å². The fraction of sp³-hybridized carbons (Fsp3) is 0.500. The van der Waals surface area contributed by atoms with Crippen molar-refractivity contribution in [3.05, 3.63) is 26.9 Å². The van der Waals surface area contributed by atoms with Gasteiger partial charge in [0.05, 0.1) is 5.69 Å². The van der Waals surface area contributed by atoms with Gasteiger partial charge >= 0.3 is 0 Å². The SMILES string of the molecule is CCCNCc1sc(-c2cscc2C)nc1CC. The number of aryl methyl sites for hydroxylation is 2. The molecule has 98 valence electrons. The minimum atomic E-state index is 0.956. The van der Waals surface area contributed by atoms with E-state index in [4.69, 9.17) is 4.98 Å². The minimum Gasteiger partial charge on any atom is -0.312 e. The van der Waals surface area contributed by atoms with Gasteiger partial charge in [0.2, 0.25) is 0 Å². The van der Waals surface area contributed by atoms with E-state index in [0.29, 0.717) is 0 Å². The Labute approximate surface area is 117 Å². The summed E-state index contributed by atoms with van der Waals surface area (Å²) in [4.78, 5) is 6.19. The Hall–Kier alpha value is -0.710. The third-order valence-electron chi connectivity index (χ3n) is 2.91. The molecule has 0 unspecified atom stereocenters. The van der Waals surface area contributed by atoms with Gasteiger partial charge in [0.25, 0.3) is 0 Å². The molecule has 18 heavy (non-hydrogen) atoms. The number of thiazole rings is 1. The summed E-state index contributed by atoms with van der Waals surface area (Å²) in [5.41, 5.74) is 3.90. The molecule has 2 heterocycles. The lowest BCUT2D eigenvalue weighted by molar-refractivity contribution is 0.677. The molecule has 0 radical (unpaired) electrons. The largest absolute Gasteiger partial charge is 0.312 e. The van der Waals surface area contributed by atoms with Crippen LogP contribution < -0.4 is 5.32 Å². The second-order valence-electron chi connectivity index (χ2n) is 4.39. The molecule has 4 heteroatoms. The topological polar surface area (TPSA) is 24.9 Å². The van der Waals surface area contributed by atoms with E-state index in [2.05, 4.69) is 36.8 Å². The fourth-order valence-corrected chi connectivity index (χ4v) is 3.98. The second-order valence-corrected chi connectivity index (χ2v) is 6.21. The number of nitrogens with one attached hydrogen (secondary N) is 1. The summed E-state index contributed by atoms with van der Waals surface area (Å²) in [6, 6.07) is 0. The molecule has 2 aromatic rings. The highest BCUT2D eigenvalue weighted by atomic mass is 32.1. The molecule has 0 bridgehead atoms. The second kappa shape index (κ2) is 6.45. The summed E-state index contributed by atoms with van der Waals surface area (Å²) >= 11 is 3.60. The molecule has 2 rings (SSSR count). The van der Waals surface area contributed by atoms with E-state index >= 15 is 0 Å². The number of nitrogens with zero attached hydrogens (tertiary/aromatic N) is 1. The van der Waals surface area contributed by atoms with Crippen LogP contribution in [0.5, 0.6) is 0 Å². The number of hydrogen-bond acceptors (Lipinski definition) is 4. The van der Waals surface area contributed by atoms with Crippen LogP contribution in [0.15, 0.2) is 10.8 Å². The van der Waals surface area contributed by atoms with Crippen molar-refractivity contribution in [2.24, 2.45) is 0 Å². The van der Waals surface area contributed by atoms with Gasteiger partial charge in [-0.2, -0.15) is 11.3 Å². The highest BCUT2D eigenvalue weighted by Crippen LogP contribution is 2.32. The molecule has 1 N–H and O–H groups in total. The quantitative estimate of drug-likeness (QED) is 0.800. The Balaban J connectivity index is 2.21. The zero-order valence-electron chi connectivity index (χ0n) is 11.2. The van der Waals surface area contributed by atoms with Gasteiger partial charge in [0.15, 0.2) is 0 Å². The van der Waals surface area contributed by atoms with Crippen molar-refractivity contribution in [2.75, 3.05) is 6.54 Å². The summed E-state index contributed by atoms with van der Waals surface area (Å²) < 4.78 is 0. The molecule has 0 fully saturated rings. The van der Waals surface area contributed by atoms with Gasteiger partial charge in [-0.3, -0.25) is 0 Å². The molecule has 0 aromatic carbocycles. The van der Waals surface area contributed by atoms with Crippen LogP contribution in [-0.2, 0) is 13.0 Å². The van der Waals surface area contributed by atoms with Crippen molar-refractivity contribution < 1.29 is 0 Å². The number of aromatic nitrogens is 1. The molecule has 0 atom stereocenters. The fourth-order valence-electron chi connectivity index (χ4n) is 1.87. The predicted molar refractivity (Wildman–Crippen MR) is 81.5 cm³/mol. The van der Waals surface area contributed by atoms with Gasteiger partial charge in [0.1, 0.15) is 5.01 Å². The molecule has 0 aliphatic rings. The summed E-state index contributed by atoms with van der Waals surface area (Å²) in [5, 5.41) is 9.05. The first-order valence-corrected chi connectivity index (χ1v) is 8.24. The molecule has 2 aromatic heterocycles. The van der Waals surface area contributed by atoms with Crippen molar-refractivity contribution in [1.29, 1.82) is 0 Å². The van der Waals surface area contributed by atoms with Crippen LogP contribution in [-0.4, -0.2) is 11.5 Å². The minimum absolute atomic E-state index is 0.956. The number of hydrogen-bond donors (Lipinski definition) is 1. The van der Waals surface area contributed by atoms with Crippen molar-refractivity contribution in [1.82, 2.24) is 10.3 Å². The standard InChI is InChI=1S/C14H20N2S2/c1-4-6-15-7-13-12(5-2)16-14(18-13)11-9-17-8-10(11)3/h8-9,15H,4-7H2,1-3H3. The Morgan fingerprint density at radius 2 is 2.11 bits per heavy atom. The van der Waals surface area contributed by atoms with Crippen LogP contribution in [0.1, 0.15) is 36.4 Å². The molecule has 0 saturated heterocycles. The highest BCUT2D eigenvalue weighted by Gasteiger charge is 2.12. The van der Waals surface area contributed by atoms with Gasteiger partial charge < -0.3 is 5.32 Å². The van der Waals surface area contributed by atoms with Gasteiger partial charge in [-0.15, -0.1) is 11.3 Å². The lowest BCUT2D eigenvalue weighted by Crippen LogP contribution is -2.13. The smallest absolute Gasteiger partial charge is 0.125 e. The maximum atomic E-state index is 4.80. The zero-order valence-corrected chi connectivity index (χ0v) is 12.9. The van der Waals surface area contributed by atoms with E-state index < -0.39 is 0 Å². The van der Waals surface area contributed by atoms with Gasteiger partial charge in [-0.25, -0.2) is 4.98 Å². The van der Waals surface area contributed by atoms with E-state index in [9.17, 15) is 0 Å². The lowest BCUT2D eigenvalue weighted by atomic mass is 10.2. The van der Waals surface area contributed by atoms with E-state index in [1.165, 1.54) is 33.1 Å². The third-order valence-corrected chi connectivity index (χ3v) is 4.90. The molecular formula is C14H20N2S2. The van der Waals surface area contributed by atoms with Crippen LogP contribution in [0.25, 0.3) is 10.6 Å². The average molecular weight is 280 g/mol. The summed E-state index contributed by atoms with van der Waals surface area (Å²) in [6.07, 6.45) is 2.19. The maximum absolute atomic E-state index is 4.80. The molecule has 0 spiro atoms. The predicted octanol–water partition coefficient (Wildman–Crippen LogP) is 4.24. The van der Waals surface area contributed by atoms with Crippen molar-refractivity contribution >= 4 is 22.7 Å². The third kappa shape index (κ3) is 2.99. The van der Waals surface area contributed by atoms with Crippen LogP contribution in [0, 0.1) is 6.92 Å². The van der Waals surface area contributed by atoms with Crippen LogP contribution >= 0.6 is 22.7 Å². The average Bonchev–Trinajstić information content (AvgIpc) is 2.95. The van der Waals surface area contributed by atoms with E-state index in [-0.39, 0.29) is 0 Å². The van der Waals surface area contributed by atoms with Crippen molar-refractivity contribution in [3.8, 4) is 10.6 Å². The summed E-state index contributed by atoms with van der Waals surface area (Å²) in [5.74, 6) is 0. The highest BCUT2D eigenvalue weighted by molar-refractivity contribution is 7.15. The first-order valence-electron chi connectivity index (χ1n) is 6.48. The normalized spacial score (nSPS) is 11.1. The molecule has 0 amide bonds. The Kier molecular flexibility index (Phi) is 4.92. The molecular weight excluding hydrogens is 260 g/mol. The van der Waals surface area contributed by atoms with Crippen molar-refractivity contribution in [2.45, 2.75) is 40.2 Å². The molecule has 0 aliphatic carbocycles. The zero-order chi connectivity index (χ0) is 13.0.